The van der Waals surface area contributed by atoms with Crippen LogP contribution in [0.15, 0.2) is 11.1 Å². The molecule has 1 aliphatic heterocycles. The van der Waals surface area contributed by atoms with E-state index in [1.54, 1.807) is 0 Å². The maximum atomic E-state index is 14.9. The molecule has 1 saturated heterocycles. The Hall–Kier alpha value is 11.2. The molecule has 3 aliphatic carbocycles. The maximum Gasteiger partial charge on any atom is 0.509 e. The highest BCUT2D eigenvalue weighted by Crippen LogP contribution is 3.19. The van der Waals surface area contributed by atoms with Crippen molar-refractivity contribution in [1.29, 1.82) is 0 Å². The fraction of sp³-hybridized carbons (Fsp3) is 0.800. The third kappa shape index (κ3) is 13.7. The van der Waals surface area contributed by atoms with Crippen LogP contribution in [-0.4, -0.2) is 41.5 Å². The van der Waals surface area contributed by atoms with E-state index in [1.165, 1.54) is 11.1 Å². The van der Waals surface area contributed by atoms with E-state index < -0.39 is 127 Å². The van der Waals surface area contributed by atoms with Gasteiger partial charge in [-0.3, -0.25) is 9.36 Å². The van der Waals surface area contributed by atoms with Crippen LogP contribution in [0.25, 0.3) is 0 Å². The largest absolute Gasteiger partial charge is 0.509 e. The van der Waals surface area contributed by atoms with Gasteiger partial charge in [0.25, 0.3) is 0 Å². The Morgan fingerprint density at radius 3 is 1.79 bits per heavy atom. The van der Waals surface area contributed by atoms with Gasteiger partial charge < -0.3 is 18.5 Å². The van der Waals surface area contributed by atoms with Crippen molar-refractivity contribution in [3.8, 4) is 0 Å². The standard InChI is InChI=1S/C20H56O7P30/c1-9-12(45(55(43-23)51(35)36)57(53(39)40)54(41)42)8-20-16(24-17(22)25-20)15-10(21)5-6-13(27-46(48(29)30)49(31)32)19(15,4)7-11(14(9)18(20,2)3)26-47(50(33)34)56(44-28)52(37)38/h11-13,15-16,44H,5-8,28-42H2,1-4H3/t11?,12?,13?,15?,16?,19-,20?,45-,47?,55?,56?/m1/s1. The molecule has 1 spiro atoms. The van der Waals surface area contributed by atoms with Crippen LogP contribution in [0.1, 0.15) is 53.4 Å². The number of allylic oxidation sites excluding steroid dienone is 1. The van der Waals surface area contributed by atoms with Gasteiger partial charge in [0.1, 0.15) is 5.78 Å². The molecule has 4 rings (SSSR count). The van der Waals surface area contributed by atoms with Gasteiger partial charge in [-0.1, -0.05) is 34.3 Å². The van der Waals surface area contributed by atoms with Crippen LogP contribution in [0.2, 0.25) is 0 Å². The maximum absolute atomic E-state index is 14.9. The van der Waals surface area contributed by atoms with Crippen molar-refractivity contribution in [2.24, 2.45) is 16.7 Å². The second-order valence-electron chi connectivity index (χ2n) is 14.1. The fourth-order valence-electron chi connectivity index (χ4n) is 8.47. The van der Waals surface area contributed by atoms with E-state index in [-0.39, 0.29) is 31.8 Å². The van der Waals surface area contributed by atoms with Gasteiger partial charge in [0.15, 0.2) is 19.9 Å². The summed E-state index contributed by atoms with van der Waals surface area (Å²) in [4.78, 5) is 28.9. The monoisotopic (exact) mass is 1340 g/mol. The zero-order valence-electron chi connectivity index (χ0n) is 31.5. The summed E-state index contributed by atoms with van der Waals surface area (Å²) in [5, 5.41) is 0. The summed E-state index contributed by atoms with van der Waals surface area (Å²) in [5.41, 5.74) is -0.0561. The lowest BCUT2D eigenvalue weighted by Crippen LogP contribution is -2.67. The third-order valence-corrected chi connectivity index (χ3v) is 153. The van der Waals surface area contributed by atoms with E-state index in [2.05, 4.69) is 162 Å². The smallest absolute Gasteiger partial charge is 0.426 e. The molecule has 0 aromatic carbocycles. The summed E-state index contributed by atoms with van der Waals surface area (Å²) in [6, 6.07) is 0. The zero-order valence-corrected chi connectivity index (χ0v) is 62.3. The van der Waals surface area contributed by atoms with E-state index in [1.807, 2.05) is 0 Å². The van der Waals surface area contributed by atoms with Crippen LogP contribution in [0, 0.1) is 16.7 Å². The number of rotatable bonds is 17. The molecular formula is C20H56O7P30. The van der Waals surface area contributed by atoms with Crippen LogP contribution < -0.4 is 0 Å². The number of ether oxygens (including phenoxy) is 2. The average Bonchev–Trinajstić information content (AvgIpc) is 3.40. The van der Waals surface area contributed by atoms with E-state index in [0.29, 0.717) is 33.6 Å². The first-order chi connectivity index (χ1) is 26.3. The Bertz CT molecular complexity index is 1470. The van der Waals surface area contributed by atoms with Gasteiger partial charge in [-0.25, -0.2) is 4.79 Å². The van der Waals surface area contributed by atoms with Crippen LogP contribution in [0.3, 0.4) is 0 Å². The Kier molecular flexibility index (Phi) is 28.3. The third-order valence-electron chi connectivity index (χ3n) is 10.7. The molecule has 0 amide bonds. The van der Waals surface area contributed by atoms with Crippen LogP contribution >= 0.6 is 242 Å². The predicted octanol–water partition coefficient (Wildman–Crippen LogP) is 20.4. The number of carbonyl (C=O) groups excluding carboxylic acids is 2. The van der Waals surface area contributed by atoms with E-state index in [4.69, 9.17) is 18.5 Å². The highest BCUT2D eigenvalue weighted by molar-refractivity contribution is 9.20. The van der Waals surface area contributed by atoms with Crippen LogP contribution in [-0.2, 0) is 27.9 Å². The van der Waals surface area contributed by atoms with Crippen molar-refractivity contribution < 1.29 is 32.7 Å². The van der Waals surface area contributed by atoms with Crippen molar-refractivity contribution in [1.82, 2.24) is 0 Å². The Morgan fingerprint density at radius 2 is 1.33 bits per heavy atom. The van der Waals surface area contributed by atoms with Gasteiger partial charge in [0.2, 0.25) is 0 Å². The molecule has 27 atom stereocenters. The molecule has 57 heavy (non-hydrogen) atoms. The van der Waals surface area contributed by atoms with E-state index in [0.717, 1.165) is 0 Å². The van der Waals surface area contributed by atoms with Crippen molar-refractivity contribution in [3.63, 3.8) is 0 Å². The minimum absolute atomic E-state index is 0.0112. The fourth-order valence-corrected chi connectivity index (χ4v) is 216. The number of hydrogen-bond donors (Lipinski definition) is 0. The molecule has 0 aromatic rings. The average molecular weight is 1340 g/mol. The van der Waals surface area contributed by atoms with Gasteiger partial charge in [-0.05, 0) is 88.5 Å². The number of Topliss-reactive ketones (excluding diaryl/α,β-unsaturated/α-hetero) is 1. The second-order valence-corrected chi connectivity index (χ2v) is 121. The van der Waals surface area contributed by atoms with Gasteiger partial charge in [-0.2, -0.15) is 0 Å². The highest BCUT2D eigenvalue weighted by Gasteiger charge is 2.73. The Labute approximate surface area is 394 Å². The van der Waals surface area contributed by atoms with Gasteiger partial charge in [0, 0.05) is 36.3 Å². The number of carbonyl (C=O) groups is 2. The minimum atomic E-state index is -1.14. The summed E-state index contributed by atoms with van der Waals surface area (Å²) in [6.07, 6.45) is 0.0294. The number of fused-ring (bicyclic) bond motifs is 3. The lowest BCUT2D eigenvalue weighted by molar-refractivity contribution is -0.170. The number of hydrogen-bond acceptors (Lipinski definition) is 7. The molecule has 7 nitrogen and oxygen atoms in total. The SMILES string of the molecule is CC1=C2C(OP(P(P)P)P(PP)P(P)P)C[C@]3(C)C(OP(P(P)P)P(P)P)CCC(=O)C3C3OC(=O)OC3(CC1[P@](P(P=O)P(P)P)P(P(P)P)P(P)P)C2(C)C. The van der Waals surface area contributed by atoms with Gasteiger partial charge >= 0.3 is 6.16 Å². The molecule has 2 saturated carbocycles. The van der Waals surface area contributed by atoms with Crippen LogP contribution in [0.5, 0.6) is 0 Å². The molecule has 3 fully saturated rings. The summed E-state index contributed by atoms with van der Waals surface area (Å²) in [5.74, 6) is -0.512. The zero-order chi connectivity index (χ0) is 43.3. The minimum Gasteiger partial charge on any atom is -0.426 e. The van der Waals surface area contributed by atoms with Crippen molar-refractivity contribution >= 4 is 254 Å². The quantitative estimate of drug-likeness (QED) is 0.0814. The molecule has 2 bridgehead atoms. The lowest BCUT2D eigenvalue weighted by atomic mass is 9.49. The van der Waals surface area contributed by atoms with Crippen molar-refractivity contribution in [2.45, 2.75) is 83.0 Å². The van der Waals surface area contributed by atoms with Gasteiger partial charge in [0.05, 0.1) is 40.2 Å². The summed E-state index contributed by atoms with van der Waals surface area (Å²) in [7, 11) is 44.4. The molecule has 4 aliphatic rings. The normalized spacial score (nSPS) is 32.9. The van der Waals surface area contributed by atoms with E-state index >= 15 is 0 Å². The highest BCUT2D eigenvalue weighted by atomic mass is 33.2. The molecule has 1 heterocycles. The van der Waals surface area contributed by atoms with Crippen molar-refractivity contribution in [2.75, 3.05) is 0 Å². The molecule has 25 unspecified atom stereocenters. The summed E-state index contributed by atoms with van der Waals surface area (Å²) < 4.78 is 42.0. The number of ketones is 1. The van der Waals surface area contributed by atoms with E-state index in [9.17, 15) is 14.2 Å². The summed E-state index contributed by atoms with van der Waals surface area (Å²) >= 11 is 0. The first-order valence-corrected chi connectivity index (χ1v) is 68.7. The Balaban J connectivity index is 2.16. The molecule has 0 radical (unpaired) electrons. The van der Waals surface area contributed by atoms with Crippen LogP contribution in [0.4, 0.5) is 4.79 Å². The molecular weight excluding hydrogens is 1280 g/mol. The lowest BCUT2D eigenvalue weighted by Gasteiger charge is -2.61. The van der Waals surface area contributed by atoms with Crippen molar-refractivity contribution in [3.05, 3.63) is 11.1 Å². The molecule has 328 valence electrons. The summed E-state index contributed by atoms with van der Waals surface area (Å²) in [6.45, 7) is 3.21. The predicted molar refractivity (Wildman–Crippen MR) is 341 cm³/mol. The Morgan fingerprint density at radius 1 is 0.772 bits per heavy atom. The van der Waals surface area contributed by atoms with Gasteiger partial charge in [-0.15, -0.1) is 134 Å². The molecule has 0 aromatic heterocycles. The first-order valence-electron chi connectivity index (χ1n) is 16.5. The second kappa shape index (κ2) is 26.6. The topological polar surface area (TPSA) is 88.1 Å². The first kappa shape index (κ1) is 60.7. The molecule has 37 heteroatoms. The molecule has 0 N–H and O–H groups in total.